The van der Waals surface area contributed by atoms with Crippen LogP contribution >= 0.6 is 0 Å². The van der Waals surface area contributed by atoms with Crippen molar-refractivity contribution in [3.63, 3.8) is 0 Å². The summed E-state index contributed by atoms with van der Waals surface area (Å²) in [5.41, 5.74) is 0. The van der Waals surface area contributed by atoms with Gasteiger partial charge in [0.15, 0.2) is 17.6 Å². The highest BCUT2D eigenvalue weighted by Gasteiger charge is 2.40. The number of hydrogen-bond acceptors (Lipinski definition) is 6. The fourth-order valence-corrected chi connectivity index (χ4v) is 4.13. The lowest BCUT2D eigenvalue weighted by molar-refractivity contribution is -0.149. The summed E-state index contributed by atoms with van der Waals surface area (Å²) in [6.07, 6.45) is 4.64. The molecule has 0 spiro atoms. The second kappa shape index (κ2) is 16.3. The van der Waals surface area contributed by atoms with Crippen molar-refractivity contribution in [2.24, 2.45) is 23.7 Å². The Kier molecular flexibility index (Phi) is 15.2. The van der Waals surface area contributed by atoms with Gasteiger partial charge in [0.05, 0.1) is 12.1 Å². The van der Waals surface area contributed by atoms with Crippen molar-refractivity contribution in [1.82, 2.24) is 20.9 Å². The van der Waals surface area contributed by atoms with E-state index in [2.05, 4.69) is 16.0 Å². The molecule has 0 aliphatic rings. The maximum atomic E-state index is 13.7. The number of allylic oxidation sites excluding steroid dienone is 2. The lowest BCUT2D eigenvalue weighted by atomic mass is 9.92. The smallest absolute Gasteiger partial charge is 0.251 e. The van der Waals surface area contributed by atoms with E-state index in [-0.39, 0.29) is 29.4 Å². The van der Waals surface area contributed by atoms with Crippen LogP contribution in [0.2, 0.25) is 0 Å². The van der Waals surface area contributed by atoms with Gasteiger partial charge in [0.2, 0.25) is 11.8 Å². The molecule has 0 fully saturated rings. The molecule has 212 valence electrons. The third-order valence-electron chi connectivity index (χ3n) is 6.47. The van der Waals surface area contributed by atoms with E-state index in [1.54, 1.807) is 41.7 Å². The number of nitrogens with one attached hydrogen (secondary N) is 3. The molecule has 9 nitrogen and oxygen atoms in total. The summed E-state index contributed by atoms with van der Waals surface area (Å²) in [7, 11) is 3.09. The zero-order valence-corrected chi connectivity index (χ0v) is 24.7. The topological polar surface area (TPSA) is 125 Å². The zero-order valence-electron chi connectivity index (χ0n) is 24.7. The number of hydrogen-bond donors (Lipinski definition) is 3. The van der Waals surface area contributed by atoms with Crippen LogP contribution < -0.4 is 16.0 Å². The van der Waals surface area contributed by atoms with Crippen molar-refractivity contribution in [2.75, 3.05) is 14.1 Å². The van der Waals surface area contributed by atoms with Gasteiger partial charge < -0.3 is 20.9 Å². The van der Waals surface area contributed by atoms with Crippen LogP contribution in [0.3, 0.4) is 0 Å². The van der Waals surface area contributed by atoms with E-state index in [9.17, 15) is 24.0 Å². The second-order valence-corrected chi connectivity index (χ2v) is 11.0. The molecule has 0 aromatic heterocycles. The molecule has 37 heavy (non-hydrogen) atoms. The molecule has 0 saturated heterocycles. The van der Waals surface area contributed by atoms with Crippen LogP contribution in [0.25, 0.3) is 0 Å². The van der Waals surface area contributed by atoms with Gasteiger partial charge in [-0.2, -0.15) is 0 Å². The lowest BCUT2D eigenvalue weighted by Crippen LogP contribution is -2.61. The molecule has 3 N–H and O–H groups in total. The molecule has 9 heteroatoms. The van der Waals surface area contributed by atoms with E-state index in [0.717, 1.165) is 4.90 Å². The molecule has 0 aromatic rings. The fraction of sp³-hybridized carbons (Fsp3) is 0.750. The van der Waals surface area contributed by atoms with E-state index < -0.39 is 47.7 Å². The van der Waals surface area contributed by atoms with Gasteiger partial charge in [0.25, 0.3) is 5.91 Å². The summed E-state index contributed by atoms with van der Waals surface area (Å²) in [5, 5.41) is 8.50. The monoisotopic (exact) mass is 522 g/mol. The molecule has 0 radical (unpaired) electrons. The van der Waals surface area contributed by atoms with Crippen LogP contribution in [0.15, 0.2) is 12.2 Å². The number of rotatable bonds is 16. The molecule has 0 aliphatic heterocycles. The van der Waals surface area contributed by atoms with E-state index in [1.165, 1.54) is 14.0 Å². The normalized spacial score (nSPS) is 15.8. The number of ketones is 2. The predicted molar refractivity (Wildman–Crippen MR) is 147 cm³/mol. The first-order valence-electron chi connectivity index (χ1n) is 13.3. The van der Waals surface area contributed by atoms with E-state index in [1.807, 2.05) is 32.9 Å². The molecule has 0 aromatic carbocycles. The standard InChI is InChI=1S/C28H50N4O5/c1-12-13-14-19(8)25(34)24(27(36)30-22(17(4)5)20(9)33)32(11)28(37)23(18(6)7)31-26(35)21(29-10)15-16(2)3/h12-13,16-19,21-24,29H,14-15H2,1-11H3,(H,30,36)(H,31,35)/b13-12+/t19-,21+,22+,23+,24-/m1/s1. The number of nitrogens with zero attached hydrogens (tertiary/aromatic N) is 1. The Bertz CT molecular complexity index is 821. The van der Waals surface area contributed by atoms with Crippen LogP contribution in [0.1, 0.15) is 75.2 Å². The minimum absolute atomic E-state index is 0.194. The Morgan fingerprint density at radius 3 is 1.76 bits per heavy atom. The highest BCUT2D eigenvalue weighted by Crippen LogP contribution is 2.16. The van der Waals surface area contributed by atoms with Crippen LogP contribution in [0.5, 0.6) is 0 Å². The fourth-order valence-electron chi connectivity index (χ4n) is 4.13. The van der Waals surface area contributed by atoms with E-state index in [4.69, 9.17) is 0 Å². The van der Waals surface area contributed by atoms with Crippen molar-refractivity contribution >= 4 is 29.3 Å². The number of carbonyl (C=O) groups excluding carboxylic acids is 5. The predicted octanol–water partition coefficient (Wildman–Crippen LogP) is 2.49. The molecule has 0 saturated carbocycles. The van der Waals surface area contributed by atoms with Crippen molar-refractivity contribution < 1.29 is 24.0 Å². The number of Topliss-reactive ketones (excluding diaryl/α,β-unsaturated/α-hetero) is 2. The van der Waals surface area contributed by atoms with Crippen molar-refractivity contribution in [1.29, 1.82) is 0 Å². The lowest BCUT2D eigenvalue weighted by Gasteiger charge is -2.34. The SMILES string of the molecule is C/C=C/C[C@@H](C)C(=O)[C@H](C(=O)N[C@H](C(C)=O)C(C)C)N(C)C(=O)[C@@H](NC(=O)[C@H](CC(C)C)NC)C(C)C. The van der Waals surface area contributed by atoms with E-state index >= 15 is 0 Å². The van der Waals surface area contributed by atoms with E-state index in [0.29, 0.717) is 12.8 Å². The summed E-state index contributed by atoms with van der Waals surface area (Å²) in [5.74, 6) is -3.00. The molecular weight excluding hydrogens is 472 g/mol. The Labute approximate surface area is 223 Å². The van der Waals surface area contributed by atoms with Gasteiger partial charge in [-0.3, -0.25) is 24.0 Å². The first-order valence-corrected chi connectivity index (χ1v) is 13.3. The molecule has 5 atom stereocenters. The number of amides is 3. The Hall–Kier alpha value is -2.55. The summed E-state index contributed by atoms with van der Waals surface area (Å²) in [6, 6.07) is -3.65. The van der Waals surface area contributed by atoms with Gasteiger partial charge in [0, 0.05) is 13.0 Å². The van der Waals surface area contributed by atoms with Gasteiger partial charge in [0.1, 0.15) is 6.04 Å². The third kappa shape index (κ3) is 10.8. The Morgan fingerprint density at radius 1 is 0.838 bits per heavy atom. The maximum Gasteiger partial charge on any atom is 0.251 e. The summed E-state index contributed by atoms with van der Waals surface area (Å²) < 4.78 is 0. The Balaban J connectivity index is 6.20. The summed E-state index contributed by atoms with van der Waals surface area (Å²) in [6.45, 7) is 16.1. The maximum absolute atomic E-state index is 13.7. The minimum atomic E-state index is -1.44. The number of likely N-dealkylation sites (N-methyl/N-ethyl adjacent to an activating group) is 2. The first kappa shape index (κ1) is 34.5. The molecule has 0 aliphatic carbocycles. The van der Waals surface area contributed by atoms with Crippen molar-refractivity contribution in [3.8, 4) is 0 Å². The van der Waals surface area contributed by atoms with Gasteiger partial charge in [-0.1, -0.05) is 60.6 Å². The average molecular weight is 523 g/mol. The molecule has 0 bridgehead atoms. The molecule has 3 amide bonds. The van der Waals surface area contributed by atoms with Gasteiger partial charge >= 0.3 is 0 Å². The molecular formula is C28H50N4O5. The quantitative estimate of drug-likeness (QED) is 0.211. The average Bonchev–Trinajstić information content (AvgIpc) is 2.81. The van der Waals surface area contributed by atoms with Gasteiger partial charge in [-0.25, -0.2) is 0 Å². The van der Waals surface area contributed by atoms with Crippen molar-refractivity contribution in [3.05, 3.63) is 12.2 Å². The molecule has 0 heterocycles. The largest absolute Gasteiger partial charge is 0.344 e. The highest BCUT2D eigenvalue weighted by atomic mass is 16.2. The van der Waals surface area contributed by atoms with Gasteiger partial charge in [-0.15, -0.1) is 0 Å². The third-order valence-corrected chi connectivity index (χ3v) is 6.47. The first-order chi connectivity index (χ1) is 17.1. The zero-order chi connectivity index (χ0) is 29.0. The van der Waals surface area contributed by atoms with Crippen LogP contribution in [-0.2, 0) is 24.0 Å². The van der Waals surface area contributed by atoms with Crippen molar-refractivity contribution in [2.45, 2.75) is 99.3 Å². The number of carbonyl (C=O) groups is 5. The summed E-state index contributed by atoms with van der Waals surface area (Å²) in [4.78, 5) is 66.8. The van der Waals surface area contributed by atoms with Crippen LogP contribution in [0.4, 0.5) is 0 Å². The molecule has 0 rings (SSSR count). The highest BCUT2D eigenvalue weighted by molar-refractivity contribution is 6.10. The van der Waals surface area contributed by atoms with Crippen LogP contribution in [-0.4, -0.2) is 72.5 Å². The van der Waals surface area contributed by atoms with Gasteiger partial charge in [-0.05, 0) is 51.5 Å². The minimum Gasteiger partial charge on any atom is -0.344 e. The second-order valence-electron chi connectivity index (χ2n) is 11.0. The molecule has 0 unspecified atom stereocenters. The summed E-state index contributed by atoms with van der Waals surface area (Å²) >= 11 is 0. The Morgan fingerprint density at radius 2 is 1.35 bits per heavy atom. The van der Waals surface area contributed by atoms with Crippen LogP contribution in [0, 0.1) is 23.7 Å².